The van der Waals surface area contributed by atoms with Crippen molar-refractivity contribution in [2.24, 2.45) is 16.7 Å². The van der Waals surface area contributed by atoms with Crippen LogP contribution >= 0.6 is 11.6 Å². The van der Waals surface area contributed by atoms with Gasteiger partial charge in [0.1, 0.15) is 29.8 Å². The Morgan fingerprint density at radius 3 is 2.23 bits per heavy atom. The van der Waals surface area contributed by atoms with E-state index in [-0.39, 0.29) is 47.7 Å². The highest BCUT2D eigenvalue weighted by atomic mass is 35.5. The normalized spacial score (nSPS) is 25.0. The average molecular weight is 852 g/mol. The molecule has 5 aliphatic heterocycles. The molecule has 17 heteroatoms. The van der Waals surface area contributed by atoms with Crippen LogP contribution in [0, 0.1) is 33.9 Å². The third-order valence-corrected chi connectivity index (χ3v) is 14.0. The van der Waals surface area contributed by atoms with Gasteiger partial charge in [-0.3, -0.25) is 39.1 Å². The number of hydrogen-bond donors (Lipinski definition) is 1. The van der Waals surface area contributed by atoms with Gasteiger partial charge in [-0.15, -0.1) is 0 Å². The molecule has 0 radical (unpaired) electrons. The van der Waals surface area contributed by atoms with Gasteiger partial charge in [0.05, 0.1) is 45.2 Å². The lowest BCUT2D eigenvalue weighted by Crippen LogP contribution is -2.74. The molecule has 3 saturated heterocycles. The van der Waals surface area contributed by atoms with Gasteiger partial charge in [-0.1, -0.05) is 39.3 Å². The monoisotopic (exact) mass is 851 g/mol. The van der Waals surface area contributed by atoms with Crippen LogP contribution in [0.1, 0.15) is 95.7 Å². The maximum atomic E-state index is 15.5. The number of imide groups is 2. The van der Waals surface area contributed by atoms with E-state index >= 15 is 4.39 Å². The number of fused-ring (bicyclic) bond motifs is 2. The van der Waals surface area contributed by atoms with Crippen molar-refractivity contribution in [1.29, 1.82) is 5.26 Å². The number of ether oxygens (including phenoxy) is 1. The standard InChI is InChI=1S/C44H47ClFN9O6/c1-43(2)40(44(3,4)41(43)61-26-6-5-25(20-47)30(45)17-26)54-23-32-29(37(54)58)21-48-42(49-32)53-11-9-24(10-12-53)22-51-13-15-52(16-14-51)34-19-28-27(18-31(34)46)38(59)55(39(28)60)33-7-8-35(56)50-36(33)57/h5-6,17-19,21,24,33,40-41H,7-16,22-23H2,1-4H3,(H,50,56,57). The molecule has 0 spiro atoms. The molecule has 3 aromatic rings. The number of halogens is 2. The van der Waals surface area contributed by atoms with Gasteiger partial charge in [-0.05, 0) is 49.4 Å². The molecule has 9 rings (SSSR count). The number of amides is 5. The molecule has 6 aliphatic rings. The number of anilines is 2. The van der Waals surface area contributed by atoms with E-state index in [2.05, 4.69) is 53.9 Å². The number of nitrogens with zero attached hydrogens (tertiary/aromatic N) is 8. The van der Waals surface area contributed by atoms with E-state index < -0.39 is 46.3 Å². The second kappa shape index (κ2) is 15.1. The molecule has 15 nitrogen and oxygen atoms in total. The topological polar surface area (TPSA) is 172 Å². The Labute approximate surface area is 357 Å². The van der Waals surface area contributed by atoms with Crippen LogP contribution in [0.3, 0.4) is 0 Å². The van der Waals surface area contributed by atoms with Crippen molar-refractivity contribution in [3.8, 4) is 11.8 Å². The number of carbonyl (C=O) groups excluding carboxylic acids is 5. The molecule has 2 aromatic carbocycles. The highest BCUT2D eigenvalue weighted by molar-refractivity contribution is 6.31. The van der Waals surface area contributed by atoms with Gasteiger partial charge in [0.25, 0.3) is 17.7 Å². The first-order valence-corrected chi connectivity index (χ1v) is 21.2. The summed E-state index contributed by atoms with van der Waals surface area (Å²) >= 11 is 6.29. The first-order chi connectivity index (χ1) is 29.1. The maximum Gasteiger partial charge on any atom is 0.262 e. The Kier molecular flexibility index (Phi) is 10.1. The van der Waals surface area contributed by atoms with Gasteiger partial charge in [0, 0.05) is 81.4 Å². The summed E-state index contributed by atoms with van der Waals surface area (Å²) in [5, 5.41) is 11.8. The molecular weight excluding hydrogens is 805 g/mol. The molecule has 1 unspecified atom stereocenters. The zero-order chi connectivity index (χ0) is 43.1. The molecule has 1 N–H and O–H groups in total. The lowest BCUT2D eigenvalue weighted by molar-refractivity contribution is -0.199. The molecule has 1 aliphatic carbocycles. The molecule has 1 aromatic heterocycles. The summed E-state index contributed by atoms with van der Waals surface area (Å²) in [6, 6.07) is 8.43. The Morgan fingerprint density at radius 2 is 1.57 bits per heavy atom. The zero-order valence-corrected chi connectivity index (χ0v) is 35.3. The van der Waals surface area contributed by atoms with Crippen molar-refractivity contribution in [3.63, 3.8) is 0 Å². The molecule has 5 amide bonds. The van der Waals surface area contributed by atoms with Crippen LogP contribution < -0.4 is 19.9 Å². The van der Waals surface area contributed by atoms with E-state index in [4.69, 9.17) is 21.3 Å². The lowest BCUT2D eigenvalue weighted by atomic mass is 9.49. The first-order valence-electron chi connectivity index (χ1n) is 20.9. The summed E-state index contributed by atoms with van der Waals surface area (Å²) in [6.07, 6.45) is 3.39. The SMILES string of the molecule is CC1(C)C(Oc2ccc(C#N)c(Cl)c2)C(C)(C)C1N1Cc2nc(N3CCC(CN4CCN(c5cc6c(cc5F)C(=O)N(C5CCC(=O)NC5=O)C6=O)CC4)CC3)ncc2C1=O. The minimum atomic E-state index is -1.11. The number of benzene rings is 2. The van der Waals surface area contributed by atoms with E-state index in [0.29, 0.717) is 66.5 Å². The first kappa shape index (κ1) is 40.7. The van der Waals surface area contributed by atoms with Crippen molar-refractivity contribution < 1.29 is 33.1 Å². The van der Waals surface area contributed by atoms with Crippen molar-refractivity contribution >= 4 is 52.8 Å². The van der Waals surface area contributed by atoms with Crippen molar-refractivity contribution in [2.45, 2.75) is 78.1 Å². The van der Waals surface area contributed by atoms with Gasteiger partial charge < -0.3 is 19.4 Å². The summed E-state index contributed by atoms with van der Waals surface area (Å²) in [4.78, 5) is 83.3. The van der Waals surface area contributed by atoms with E-state index in [9.17, 15) is 29.2 Å². The molecule has 1 saturated carbocycles. The van der Waals surface area contributed by atoms with Crippen molar-refractivity contribution in [3.05, 3.63) is 75.3 Å². The third kappa shape index (κ3) is 6.86. The van der Waals surface area contributed by atoms with E-state index in [1.165, 1.54) is 6.07 Å². The van der Waals surface area contributed by atoms with Crippen LogP contribution in [-0.2, 0) is 16.1 Å². The van der Waals surface area contributed by atoms with E-state index in [1.807, 2.05) is 9.80 Å². The largest absolute Gasteiger partial charge is 0.489 e. The average Bonchev–Trinajstić information content (AvgIpc) is 3.66. The molecule has 1 atom stereocenters. The lowest BCUT2D eigenvalue weighted by Gasteiger charge is -2.65. The quantitative estimate of drug-likeness (QED) is 0.317. The van der Waals surface area contributed by atoms with Crippen LogP contribution in [0.15, 0.2) is 36.5 Å². The Bertz CT molecular complexity index is 2410. The van der Waals surface area contributed by atoms with E-state index in [1.54, 1.807) is 24.4 Å². The molecular formula is C44H47ClFN9O6. The number of carbonyl (C=O) groups is 5. The van der Waals surface area contributed by atoms with Gasteiger partial charge >= 0.3 is 0 Å². The van der Waals surface area contributed by atoms with Crippen LogP contribution in [0.2, 0.25) is 5.02 Å². The van der Waals surface area contributed by atoms with Gasteiger partial charge in [-0.25, -0.2) is 14.4 Å². The molecule has 0 bridgehead atoms. The smallest absolute Gasteiger partial charge is 0.262 e. The van der Waals surface area contributed by atoms with Gasteiger partial charge in [0.2, 0.25) is 17.8 Å². The second-order valence-electron chi connectivity index (χ2n) is 18.3. The molecule has 318 valence electrons. The highest BCUT2D eigenvalue weighted by Gasteiger charge is 2.67. The predicted octanol–water partition coefficient (Wildman–Crippen LogP) is 4.42. The van der Waals surface area contributed by atoms with Crippen molar-refractivity contribution in [1.82, 2.24) is 30.0 Å². The minimum Gasteiger partial charge on any atom is -0.489 e. The highest BCUT2D eigenvalue weighted by Crippen LogP contribution is 2.59. The molecule has 61 heavy (non-hydrogen) atoms. The van der Waals surface area contributed by atoms with Gasteiger partial charge in [0.15, 0.2) is 0 Å². The number of aromatic nitrogens is 2. The fourth-order valence-corrected chi connectivity index (χ4v) is 11.3. The van der Waals surface area contributed by atoms with Crippen LogP contribution in [0.5, 0.6) is 5.75 Å². The van der Waals surface area contributed by atoms with Crippen LogP contribution in [0.25, 0.3) is 0 Å². The molecule has 4 fully saturated rings. The predicted molar refractivity (Wildman–Crippen MR) is 221 cm³/mol. The number of piperazine rings is 1. The van der Waals surface area contributed by atoms with Crippen LogP contribution in [-0.4, -0.2) is 118 Å². The number of nitriles is 1. The van der Waals surface area contributed by atoms with E-state index in [0.717, 1.165) is 49.1 Å². The summed E-state index contributed by atoms with van der Waals surface area (Å²) in [7, 11) is 0. The van der Waals surface area contributed by atoms with Crippen molar-refractivity contribution in [2.75, 3.05) is 55.6 Å². The minimum absolute atomic E-state index is 0.0103. The zero-order valence-electron chi connectivity index (χ0n) is 34.5. The second-order valence-corrected chi connectivity index (χ2v) is 18.7. The number of hydrogen-bond acceptors (Lipinski definition) is 12. The fourth-order valence-electron chi connectivity index (χ4n) is 11.0. The summed E-state index contributed by atoms with van der Waals surface area (Å²) < 4.78 is 22.0. The number of nitrogens with one attached hydrogen (secondary N) is 1. The van der Waals surface area contributed by atoms with Crippen LogP contribution in [0.4, 0.5) is 16.0 Å². The maximum absolute atomic E-state index is 15.5. The Morgan fingerprint density at radius 1 is 0.885 bits per heavy atom. The number of rotatable bonds is 8. The summed E-state index contributed by atoms with van der Waals surface area (Å²) in [5.41, 5.74) is 1.10. The van der Waals surface area contributed by atoms with Gasteiger partial charge in [-0.2, -0.15) is 5.26 Å². The fraction of sp³-hybridized carbons (Fsp3) is 0.500. The Balaban J connectivity index is 0.775. The Hall–Kier alpha value is -5.66. The molecule has 6 heterocycles. The third-order valence-electron chi connectivity index (χ3n) is 13.7. The number of piperidine rings is 2. The summed E-state index contributed by atoms with van der Waals surface area (Å²) in [6.45, 7) is 13.8. The summed E-state index contributed by atoms with van der Waals surface area (Å²) in [5.74, 6) is -1.56.